The molecule has 178 valence electrons. The van der Waals surface area contributed by atoms with Crippen molar-refractivity contribution in [2.24, 2.45) is 0 Å². The third-order valence-corrected chi connectivity index (χ3v) is 7.17. The molecule has 2 aromatic carbocycles. The second kappa shape index (κ2) is 8.39. The summed E-state index contributed by atoms with van der Waals surface area (Å²) in [5.41, 5.74) is 4.53. The van der Waals surface area contributed by atoms with Gasteiger partial charge in [0.25, 0.3) is 5.91 Å². The van der Waals surface area contributed by atoms with Crippen molar-refractivity contribution in [3.05, 3.63) is 88.1 Å². The monoisotopic (exact) mass is 487 g/mol. The van der Waals surface area contributed by atoms with Crippen molar-refractivity contribution in [1.82, 2.24) is 4.98 Å². The number of ketones is 1. The molecule has 0 aliphatic carbocycles. The number of fused-ring (bicyclic) bond motifs is 1. The van der Waals surface area contributed by atoms with Gasteiger partial charge in [-0.1, -0.05) is 29.5 Å². The Morgan fingerprint density at radius 2 is 1.80 bits per heavy atom. The number of rotatable bonds is 5. The quantitative estimate of drug-likeness (QED) is 0.365. The van der Waals surface area contributed by atoms with Crippen LogP contribution in [-0.2, 0) is 4.79 Å². The van der Waals surface area contributed by atoms with Gasteiger partial charge in [0.15, 0.2) is 16.7 Å². The Balaban J connectivity index is 1.68. The number of aliphatic hydroxyl groups excluding tert-OH is 1. The first-order valence-electron chi connectivity index (χ1n) is 11.2. The van der Waals surface area contributed by atoms with E-state index >= 15 is 0 Å². The van der Waals surface area contributed by atoms with Gasteiger partial charge in [-0.3, -0.25) is 14.5 Å². The Morgan fingerprint density at radius 1 is 1.09 bits per heavy atom. The number of thiazole rings is 1. The minimum absolute atomic E-state index is 0.0193. The lowest BCUT2D eigenvalue weighted by Gasteiger charge is -2.25. The molecule has 1 unspecified atom stereocenters. The molecule has 0 spiro atoms. The topological polar surface area (TPSA) is 86.9 Å². The van der Waals surface area contributed by atoms with Gasteiger partial charge in [0.05, 0.1) is 21.8 Å². The second-order valence-electron chi connectivity index (χ2n) is 8.99. The predicted molar refractivity (Wildman–Crippen MR) is 138 cm³/mol. The molecular formula is C27H25N3O4S. The Labute approximate surface area is 206 Å². The van der Waals surface area contributed by atoms with E-state index < -0.39 is 23.5 Å². The maximum atomic E-state index is 13.5. The number of carbonyl (C=O) groups excluding carboxylic acids is 2. The maximum Gasteiger partial charge on any atom is 0.296 e. The number of aryl methyl sites for hydroxylation is 3. The standard InChI is InChI=1S/C27H25N3O4S/c1-14-12-15(2)22-20(13-14)35-27(28-22)30-23(17-7-9-18(10-8-17)29(4)5)21(25(32)26(30)33)24(31)19-11-6-16(3)34-19/h6-13,23,32H,1-5H3. The molecule has 1 aliphatic rings. The van der Waals surface area contributed by atoms with E-state index in [9.17, 15) is 14.7 Å². The lowest BCUT2D eigenvalue weighted by molar-refractivity contribution is -0.117. The van der Waals surface area contributed by atoms with Crippen molar-refractivity contribution in [3.8, 4) is 0 Å². The summed E-state index contributed by atoms with van der Waals surface area (Å²) in [6.07, 6.45) is 0. The fourth-order valence-electron chi connectivity index (χ4n) is 4.46. The van der Waals surface area contributed by atoms with E-state index in [1.54, 1.807) is 19.1 Å². The molecule has 2 aromatic heterocycles. The van der Waals surface area contributed by atoms with Crippen LogP contribution in [0, 0.1) is 20.8 Å². The smallest absolute Gasteiger partial charge is 0.296 e. The number of anilines is 2. The van der Waals surface area contributed by atoms with E-state index in [2.05, 4.69) is 0 Å². The second-order valence-corrected chi connectivity index (χ2v) is 10.00. The number of Topliss-reactive ketones (excluding diaryl/α,β-unsaturated/α-hetero) is 1. The first kappa shape index (κ1) is 22.9. The molecule has 4 aromatic rings. The Hall–Kier alpha value is -3.91. The summed E-state index contributed by atoms with van der Waals surface area (Å²) in [4.78, 5) is 35.1. The lowest BCUT2D eigenvalue weighted by atomic mass is 9.95. The largest absolute Gasteiger partial charge is 0.503 e. The molecule has 3 heterocycles. The molecule has 0 saturated carbocycles. The first-order chi connectivity index (χ1) is 16.7. The van der Waals surface area contributed by atoms with E-state index in [1.165, 1.54) is 16.2 Å². The molecule has 0 bridgehead atoms. The van der Waals surface area contributed by atoms with Crippen LogP contribution in [0.3, 0.4) is 0 Å². The van der Waals surface area contributed by atoms with E-state index in [0.29, 0.717) is 16.5 Å². The SMILES string of the molecule is Cc1cc(C)c2nc(N3C(=O)C(O)=C(C(=O)c4ccc(C)o4)C3c3ccc(N(C)C)cc3)sc2c1. The highest BCUT2D eigenvalue weighted by Gasteiger charge is 2.46. The number of carbonyl (C=O) groups is 2. The van der Waals surface area contributed by atoms with Crippen LogP contribution in [0.2, 0.25) is 0 Å². The molecule has 1 amide bonds. The number of furan rings is 1. The van der Waals surface area contributed by atoms with E-state index in [4.69, 9.17) is 9.40 Å². The fraction of sp³-hybridized carbons (Fsp3) is 0.222. The van der Waals surface area contributed by atoms with E-state index in [1.807, 2.05) is 69.2 Å². The van der Waals surface area contributed by atoms with Gasteiger partial charge < -0.3 is 14.4 Å². The van der Waals surface area contributed by atoms with Crippen LogP contribution in [0.4, 0.5) is 10.8 Å². The Morgan fingerprint density at radius 3 is 2.43 bits per heavy atom. The van der Waals surface area contributed by atoms with Crippen molar-refractivity contribution in [1.29, 1.82) is 0 Å². The van der Waals surface area contributed by atoms with E-state index in [0.717, 1.165) is 27.0 Å². The van der Waals surface area contributed by atoms with Crippen molar-refractivity contribution in [3.63, 3.8) is 0 Å². The van der Waals surface area contributed by atoms with Gasteiger partial charge in [0.1, 0.15) is 5.76 Å². The molecule has 5 rings (SSSR count). The third kappa shape index (κ3) is 3.80. The van der Waals surface area contributed by atoms with Crippen LogP contribution in [0.5, 0.6) is 0 Å². The van der Waals surface area contributed by atoms with Crippen LogP contribution in [0.1, 0.15) is 39.0 Å². The van der Waals surface area contributed by atoms with Crippen LogP contribution in [0.25, 0.3) is 10.2 Å². The van der Waals surface area contributed by atoms with Gasteiger partial charge in [-0.15, -0.1) is 0 Å². The summed E-state index contributed by atoms with van der Waals surface area (Å²) in [5.74, 6) is -1.13. The third-order valence-electron chi connectivity index (χ3n) is 6.17. The summed E-state index contributed by atoms with van der Waals surface area (Å²) in [7, 11) is 3.87. The summed E-state index contributed by atoms with van der Waals surface area (Å²) < 4.78 is 6.49. The molecular weight excluding hydrogens is 462 g/mol. The lowest BCUT2D eigenvalue weighted by Crippen LogP contribution is -2.31. The summed E-state index contributed by atoms with van der Waals surface area (Å²) in [5, 5.41) is 11.4. The van der Waals surface area contributed by atoms with Gasteiger partial charge in [0.2, 0.25) is 5.78 Å². The molecule has 1 N–H and O–H groups in total. The zero-order valence-electron chi connectivity index (χ0n) is 20.1. The summed E-state index contributed by atoms with van der Waals surface area (Å²) in [6.45, 7) is 5.73. The van der Waals surface area contributed by atoms with Crippen LogP contribution in [0.15, 0.2) is 64.3 Å². The predicted octanol–water partition coefficient (Wildman–Crippen LogP) is 5.66. The molecule has 8 heteroatoms. The van der Waals surface area contributed by atoms with Crippen molar-refractivity contribution < 1.29 is 19.1 Å². The highest BCUT2D eigenvalue weighted by Crippen LogP contribution is 2.45. The molecule has 1 atom stereocenters. The zero-order chi connectivity index (χ0) is 25.0. The van der Waals surface area contributed by atoms with Crippen LogP contribution < -0.4 is 9.80 Å². The highest BCUT2D eigenvalue weighted by atomic mass is 32.1. The molecule has 0 fully saturated rings. The molecule has 0 saturated heterocycles. The first-order valence-corrected chi connectivity index (χ1v) is 12.0. The van der Waals surface area contributed by atoms with Gasteiger partial charge >= 0.3 is 0 Å². The minimum Gasteiger partial charge on any atom is -0.503 e. The normalized spacial score (nSPS) is 16.0. The van der Waals surface area contributed by atoms with Gasteiger partial charge in [-0.2, -0.15) is 0 Å². The molecule has 7 nitrogen and oxygen atoms in total. The number of nitrogens with zero attached hydrogens (tertiary/aromatic N) is 3. The fourth-order valence-corrected chi connectivity index (χ4v) is 5.62. The number of benzene rings is 2. The maximum absolute atomic E-state index is 13.5. The van der Waals surface area contributed by atoms with Gasteiger partial charge in [-0.25, -0.2) is 4.98 Å². The highest BCUT2D eigenvalue weighted by molar-refractivity contribution is 7.22. The summed E-state index contributed by atoms with van der Waals surface area (Å²) >= 11 is 1.36. The Bertz CT molecular complexity index is 1510. The Kier molecular flexibility index (Phi) is 5.48. The number of aliphatic hydroxyl groups is 1. The average molecular weight is 488 g/mol. The molecule has 0 radical (unpaired) electrons. The molecule has 1 aliphatic heterocycles. The summed E-state index contributed by atoms with van der Waals surface area (Å²) in [6, 6.07) is 14.0. The van der Waals surface area contributed by atoms with Crippen molar-refractivity contribution in [2.45, 2.75) is 26.8 Å². The van der Waals surface area contributed by atoms with Gasteiger partial charge in [-0.05, 0) is 67.8 Å². The zero-order valence-corrected chi connectivity index (χ0v) is 20.9. The number of amides is 1. The van der Waals surface area contributed by atoms with Crippen molar-refractivity contribution in [2.75, 3.05) is 23.9 Å². The van der Waals surface area contributed by atoms with Gasteiger partial charge in [0, 0.05) is 19.8 Å². The number of hydrogen-bond donors (Lipinski definition) is 1. The van der Waals surface area contributed by atoms with Crippen LogP contribution >= 0.6 is 11.3 Å². The van der Waals surface area contributed by atoms with Crippen LogP contribution in [-0.4, -0.2) is 35.9 Å². The van der Waals surface area contributed by atoms with E-state index in [-0.39, 0.29) is 11.3 Å². The number of aromatic nitrogens is 1. The number of hydrogen-bond acceptors (Lipinski definition) is 7. The van der Waals surface area contributed by atoms with Crippen molar-refractivity contribution >= 4 is 44.1 Å². The average Bonchev–Trinajstić information content (AvgIpc) is 3.50. The minimum atomic E-state index is -0.849. The molecule has 35 heavy (non-hydrogen) atoms.